The van der Waals surface area contributed by atoms with Gasteiger partial charge in [-0.05, 0) is 30.7 Å². The minimum Gasteiger partial charge on any atom is -0.496 e. The van der Waals surface area contributed by atoms with E-state index in [4.69, 9.17) is 9.26 Å². The maximum absolute atomic E-state index is 12.9. The van der Waals surface area contributed by atoms with Crippen molar-refractivity contribution in [3.8, 4) is 17.1 Å². The van der Waals surface area contributed by atoms with Crippen LogP contribution in [0.4, 0.5) is 0 Å². The number of aromatic nitrogens is 2. The molecule has 0 radical (unpaired) electrons. The first-order valence-corrected chi connectivity index (χ1v) is 10.7. The van der Waals surface area contributed by atoms with E-state index in [-0.39, 0.29) is 22.2 Å². The molecule has 7 nitrogen and oxygen atoms in total. The highest BCUT2D eigenvalue weighted by Gasteiger charge is 2.25. The van der Waals surface area contributed by atoms with Gasteiger partial charge < -0.3 is 9.26 Å². The number of methoxy groups -OCH3 is 1. The molecule has 8 heteroatoms. The molecule has 3 aromatic rings. The molecule has 0 aliphatic heterocycles. The summed E-state index contributed by atoms with van der Waals surface area (Å²) in [4.78, 5) is 4.51. The SMILES string of the molecule is COc1ccc(S(=O)(=O)NC(C)c2ccccc2)cc1-c1noc(C(C)(C)C)n1. The Morgan fingerprint density at radius 3 is 2.38 bits per heavy atom. The molecule has 0 amide bonds. The summed E-state index contributed by atoms with van der Waals surface area (Å²) in [5.74, 6) is 1.19. The summed E-state index contributed by atoms with van der Waals surface area (Å²) in [6, 6.07) is 13.6. The molecule has 0 fully saturated rings. The van der Waals surface area contributed by atoms with Crippen LogP contribution in [0.5, 0.6) is 5.75 Å². The first-order valence-electron chi connectivity index (χ1n) is 9.21. The van der Waals surface area contributed by atoms with Gasteiger partial charge in [-0.15, -0.1) is 0 Å². The third kappa shape index (κ3) is 4.65. The minimum atomic E-state index is -3.78. The highest BCUT2D eigenvalue weighted by atomic mass is 32.2. The summed E-state index contributed by atoms with van der Waals surface area (Å²) in [6.07, 6.45) is 0. The molecule has 29 heavy (non-hydrogen) atoms. The van der Waals surface area contributed by atoms with Crippen LogP contribution in [0.25, 0.3) is 11.4 Å². The first-order chi connectivity index (χ1) is 13.6. The Morgan fingerprint density at radius 2 is 1.79 bits per heavy atom. The van der Waals surface area contributed by atoms with E-state index in [0.29, 0.717) is 17.2 Å². The Morgan fingerprint density at radius 1 is 1.10 bits per heavy atom. The second-order valence-electron chi connectivity index (χ2n) is 7.79. The van der Waals surface area contributed by atoms with E-state index in [1.54, 1.807) is 13.0 Å². The van der Waals surface area contributed by atoms with Crippen molar-refractivity contribution in [1.29, 1.82) is 0 Å². The molecule has 0 aliphatic carbocycles. The Bertz CT molecular complexity index is 1090. The summed E-state index contributed by atoms with van der Waals surface area (Å²) in [7, 11) is -2.27. The van der Waals surface area contributed by atoms with Gasteiger partial charge in [0.05, 0.1) is 17.6 Å². The van der Waals surface area contributed by atoms with Gasteiger partial charge in [0.1, 0.15) is 5.75 Å². The van der Waals surface area contributed by atoms with Crippen LogP contribution in [-0.4, -0.2) is 25.7 Å². The van der Waals surface area contributed by atoms with Crippen LogP contribution >= 0.6 is 0 Å². The van der Waals surface area contributed by atoms with Crippen molar-refractivity contribution in [2.75, 3.05) is 7.11 Å². The van der Waals surface area contributed by atoms with Crippen molar-refractivity contribution >= 4 is 10.0 Å². The molecule has 3 rings (SSSR count). The van der Waals surface area contributed by atoms with E-state index in [1.807, 2.05) is 51.1 Å². The Labute approximate surface area is 171 Å². The number of nitrogens with zero attached hydrogens (tertiary/aromatic N) is 2. The summed E-state index contributed by atoms with van der Waals surface area (Å²) >= 11 is 0. The van der Waals surface area contributed by atoms with Gasteiger partial charge in [-0.3, -0.25) is 0 Å². The van der Waals surface area contributed by atoms with Crippen LogP contribution in [0.2, 0.25) is 0 Å². The second-order valence-corrected chi connectivity index (χ2v) is 9.50. The van der Waals surface area contributed by atoms with Gasteiger partial charge in [0.2, 0.25) is 21.7 Å². The highest BCUT2D eigenvalue weighted by Crippen LogP contribution is 2.32. The maximum atomic E-state index is 12.9. The zero-order valence-corrected chi connectivity index (χ0v) is 17.9. The molecular formula is C21H25N3O4S. The monoisotopic (exact) mass is 415 g/mol. The summed E-state index contributed by atoms with van der Waals surface area (Å²) in [6.45, 7) is 7.66. The zero-order valence-electron chi connectivity index (χ0n) is 17.1. The largest absolute Gasteiger partial charge is 0.496 e. The number of hydrogen-bond acceptors (Lipinski definition) is 6. The molecule has 1 heterocycles. The number of hydrogen-bond donors (Lipinski definition) is 1. The van der Waals surface area contributed by atoms with Gasteiger partial charge in [0.15, 0.2) is 0 Å². The van der Waals surface area contributed by atoms with Crippen molar-refractivity contribution < 1.29 is 17.7 Å². The second kappa shape index (κ2) is 7.96. The summed E-state index contributed by atoms with van der Waals surface area (Å²) < 4.78 is 39.3. The van der Waals surface area contributed by atoms with Crippen LogP contribution in [-0.2, 0) is 15.4 Å². The molecule has 1 N–H and O–H groups in total. The van der Waals surface area contributed by atoms with Crippen molar-refractivity contribution in [3.63, 3.8) is 0 Å². The third-order valence-corrected chi connectivity index (χ3v) is 5.96. The normalized spacial score (nSPS) is 13.3. The van der Waals surface area contributed by atoms with Gasteiger partial charge in [-0.25, -0.2) is 13.1 Å². The zero-order chi connectivity index (χ0) is 21.2. The number of ether oxygens (including phenoxy) is 1. The third-order valence-electron chi connectivity index (χ3n) is 4.42. The van der Waals surface area contributed by atoms with Crippen LogP contribution in [0.15, 0.2) is 57.9 Å². The molecular weight excluding hydrogens is 390 g/mol. The summed E-state index contributed by atoms with van der Waals surface area (Å²) in [5, 5.41) is 4.01. The van der Waals surface area contributed by atoms with Crippen LogP contribution in [0, 0.1) is 0 Å². The maximum Gasteiger partial charge on any atom is 0.241 e. The Hall–Kier alpha value is -2.71. The fourth-order valence-electron chi connectivity index (χ4n) is 2.78. The van der Waals surface area contributed by atoms with Crippen molar-refractivity contribution in [3.05, 3.63) is 60.0 Å². The molecule has 0 spiro atoms. The fourth-order valence-corrected chi connectivity index (χ4v) is 4.03. The molecule has 0 saturated carbocycles. The number of nitrogens with one attached hydrogen (secondary N) is 1. The van der Waals surface area contributed by atoms with Crippen LogP contribution in [0.3, 0.4) is 0 Å². The number of sulfonamides is 1. The predicted octanol–water partition coefficient (Wildman–Crippen LogP) is 4.08. The van der Waals surface area contributed by atoms with E-state index in [1.165, 1.54) is 19.2 Å². The van der Waals surface area contributed by atoms with E-state index in [2.05, 4.69) is 14.9 Å². The smallest absolute Gasteiger partial charge is 0.241 e. The average Bonchev–Trinajstić information content (AvgIpc) is 3.18. The molecule has 1 aromatic heterocycles. The molecule has 2 aromatic carbocycles. The van der Waals surface area contributed by atoms with Gasteiger partial charge in [0.25, 0.3) is 0 Å². The highest BCUT2D eigenvalue weighted by molar-refractivity contribution is 7.89. The van der Waals surface area contributed by atoms with Gasteiger partial charge in [-0.1, -0.05) is 56.3 Å². The molecule has 1 unspecified atom stereocenters. The number of rotatable bonds is 6. The van der Waals surface area contributed by atoms with E-state index >= 15 is 0 Å². The van der Waals surface area contributed by atoms with Crippen LogP contribution < -0.4 is 9.46 Å². The molecule has 0 aliphatic rings. The standard InChI is InChI=1S/C21H25N3O4S/c1-14(15-9-7-6-8-10-15)24-29(25,26)16-11-12-18(27-5)17(13-16)19-22-20(28-23-19)21(2,3)4/h6-14,24H,1-5H3. The lowest BCUT2D eigenvalue weighted by atomic mass is 9.97. The predicted molar refractivity (Wildman–Crippen MR) is 110 cm³/mol. The van der Waals surface area contributed by atoms with Crippen molar-refractivity contribution in [2.45, 2.75) is 44.0 Å². The minimum absolute atomic E-state index is 0.0955. The average molecular weight is 416 g/mol. The van der Waals surface area contributed by atoms with Gasteiger partial charge >= 0.3 is 0 Å². The van der Waals surface area contributed by atoms with E-state index < -0.39 is 10.0 Å². The first kappa shape index (κ1) is 21.0. The molecule has 1 atom stereocenters. The van der Waals surface area contributed by atoms with Crippen LogP contribution in [0.1, 0.15) is 45.2 Å². The Kier molecular flexibility index (Phi) is 5.77. The lowest BCUT2D eigenvalue weighted by molar-refractivity contribution is 0.321. The molecule has 154 valence electrons. The van der Waals surface area contributed by atoms with Gasteiger partial charge in [0, 0.05) is 11.5 Å². The fraction of sp³-hybridized carbons (Fsp3) is 0.333. The van der Waals surface area contributed by atoms with E-state index in [9.17, 15) is 8.42 Å². The lowest BCUT2D eigenvalue weighted by Gasteiger charge is -2.15. The van der Waals surface area contributed by atoms with Gasteiger partial charge in [-0.2, -0.15) is 4.98 Å². The Balaban J connectivity index is 1.96. The van der Waals surface area contributed by atoms with Crippen molar-refractivity contribution in [1.82, 2.24) is 14.9 Å². The quantitative estimate of drug-likeness (QED) is 0.652. The lowest BCUT2D eigenvalue weighted by Crippen LogP contribution is -2.26. The molecule has 0 bridgehead atoms. The molecule has 0 saturated heterocycles. The van der Waals surface area contributed by atoms with Crippen molar-refractivity contribution in [2.24, 2.45) is 0 Å². The summed E-state index contributed by atoms with van der Waals surface area (Å²) in [5.41, 5.74) is 0.995. The topological polar surface area (TPSA) is 94.3 Å². The van der Waals surface area contributed by atoms with E-state index in [0.717, 1.165) is 5.56 Å². The number of benzene rings is 2.